The molecule has 1 aliphatic heterocycles. The SMILES string of the molecule is C=CC(=O)OCCOS(OC1CC12CC(F)(F)[C@H](n1ccc(N)nc1=O)O2)(C(C)(C)C)C(C)(C)C. The quantitative estimate of drug-likeness (QED) is 0.313. The second-order valence-corrected chi connectivity index (χ2v) is 14.6. The summed E-state index contributed by atoms with van der Waals surface area (Å²) in [6.45, 7) is 15.2. The van der Waals surface area contributed by atoms with Crippen molar-refractivity contribution in [3.8, 4) is 0 Å². The van der Waals surface area contributed by atoms with Gasteiger partial charge in [0.05, 0.1) is 9.49 Å². The minimum atomic E-state index is -3.32. The highest BCUT2D eigenvalue weighted by atomic mass is 32.3. The number of hydrogen-bond acceptors (Lipinski definition) is 8. The van der Waals surface area contributed by atoms with Gasteiger partial charge in [-0.3, -0.25) is 12.9 Å². The number of hydrogen-bond donors (Lipinski definition) is 1. The van der Waals surface area contributed by atoms with Gasteiger partial charge in [-0.15, -0.1) is 0 Å². The third-order valence-corrected chi connectivity index (χ3v) is 10.1. The Labute approximate surface area is 205 Å². The monoisotopic (exact) mass is 519 g/mol. The lowest BCUT2D eigenvalue weighted by Gasteiger charge is -2.60. The van der Waals surface area contributed by atoms with E-state index in [2.05, 4.69) is 11.6 Å². The Bertz CT molecular complexity index is 1020. The molecule has 1 aliphatic carbocycles. The van der Waals surface area contributed by atoms with Gasteiger partial charge in [-0.1, -0.05) is 6.58 Å². The molecule has 2 unspecified atom stereocenters. The van der Waals surface area contributed by atoms with Crippen LogP contribution in [-0.4, -0.2) is 55.9 Å². The molecule has 1 spiro atoms. The molecular weight excluding hydrogens is 484 g/mol. The molecule has 1 saturated heterocycles. The molecule has 0 aromatic carbocycles. The van der Waals surface area contributed by atoms with Gasteiger partial charge in [-0.05, 0) is 47.6 Å². The fraction of sp³-hybridized carbons (Fsp3) is 0.696. The van der Waals surface area contributed by atoms with E-state index in [1.54, 1.807) is 0 Å². The zero-order valence-corrected chi connectivity index (χ0v) is 21.8. The molecule has 35 heavy (non-hydrogen) atoms. The first-order valence-corrected chi connectivity index (χ1v) is 12.8. The molecule has 198 valence electrons. The Morgan fingerprint density at radius 2 is 1.94 bits per heavy atom. The Hall–Kier alpha value is -2.02. The summed E-state index contributed by atoms with van der Waals surface area (Å²) in [5.41, 5.74) is 3.32. The molecule has 1 saturated carbocycles. The molecule has 0 radical (unpaired) electrons. The normalized spacial score (nSPS) is 26.5. The first kappa shape index (κ1) is 27.6. The summed E-state index contributed by atoms with van der Waals surface area (Å²) in [5.74, 6) is -3.95. The van der Waals surface area contributed by atoms with Gasteiger partial charge in [-0.25, -0.2) is 18.4 Å². The standard InChI is InChI=1S/C23H35F2N3O6S/c1-8-17(29)31-11-12-32-35(20(2,3)4,21(5,6)7)34-15-13-22(15)14-23(24,25)18(33-22)28-10-9-16(26)27-19(28)30/h8-10,15,18H,1,11-14H2,2-7H3,(H2,26,27,30)/t15?,18-,22?/m1/s1. The number of carbonyl (C=O) groups is 1. The number of aromatic nitrogens is 2. The maximum atomic E-state index is 15.1. The van der Waals surface area contributed by atoms with Gasteiger partial charge in [0.25, 0.3) is 5.92 Å². The number of nitrogens with two attached hydrogens (primary N) is 1. The van der Waals surface area contributed by atoms with Crippen molar-refractivity contribution >= 4 is 22.4 Å². The Balaban J connectivity index is 1.84. The van der Waals surface area contributed by atoms with Gasteiger partial charge < -0.3 is 15.2 Å². The number of alkyl halides is 2. The van der Waals surface area contributed by atoms with Crippen molar-refractivity contribution in [3.63, 3.8) is 0 Å². The molecule has 3 atom stereocenters. The third kappa shape index (κ3) is 5.25. The molecule has 9 nitrogen and oxygen atoms in total. The predicted molar refractivity (Wildman–Crippen MR) is 129 cm³/mol. The molecule has 0 amide bonds. The summed E-state index contributed by atoms with van der Waals surface area (Å²) in [6, 6.07) is 1.27. The van der Waals surface area contributed by atoms with Crippen LogP contribution in [-0.2, 0) is 22.6 Å². The van der Waals surface area contributed by atoms with Crippen molar-refractivity contribution in [2.75, 3.05) is 18.9 Å². The fourth-order valence-electron chi connectivity index (χ4n) is 4.49. The molecule has 2 aliphatic rings. The highest BCUT2D eigenvalue weighted by molar-refractivity contribution is 8.28. The van der Waals surface area contributed by atoms with E-state index in [1.165, 1.54) is 6.07 Å². The van der Waals surface area contributed by atoms with Crippen LogP contribution in [0.1, 0.15) is 60.6 Å². The van der Waals surface area contributed by atoms with Gasteiger partial charge >= 0.3 is 11.7 Å². The number of ether oxygens (including phenoxy) is 2. The van der Waals surface area contributed by atoms with Crippen molar-refractivity contribution in [2.45, 2.75) is 87.7 Å². The van der Waals surface area contributed by atoms with Crippen molar-refractivity contribution in [1.82, 2.24) is 9.55 Å². The van der Waals surface area contributed by atoms with Crippen molar-refractivity contribution in [1.29, 1.82) is 0 Å². The van der Waals surface area contributed by atoms with Crippen LogP contribution in [0.15, 0.2) is 29.7 Å². The Morgan fingerprint density at radius 3 is 2.49 bits per heavy atom. The number of rotatable bonds is 8. The smallest absolute Gasteiger partial charge is 0.351 e. The van der Waals surface area contributed by atoms with E-state index in [4.69, 9.17) is 23.6 Å². The van der Waals surface area contributed by atoms with Gasteiger partial charge in [-0.2, -0.15) is 15.6 Å². The lowest BCUT2D eigenvalue weighted by Crippen LogP contribution is -2.43. The average molecular weight is 520 g/mol. The summed E-state index contributed by atoms with van der Waals surface area (Å²) in [7, 11) is -2.41. The van der Waals surface area contributed by atoms with Crippen LogP contribution < -0.4 is 11.4 Å². The molecule has 2 fully saturated rings. The lowest BCUT2D eigenvalue weighted by atomic mass is 10.1. The number of esters is 1. The Kier molecular flexibility index (Phi) is 7.19. The summed E-state index contributed by atoms with van der Waals surface area (Å²) >= 11 is 0. The summed E-state index contributed by atoms with van der Waals surface area (Å²) < 4.78 is 53.6. The van der Waals surface area contributed by atoms with Crippen molar-refractivity contribution in [2.24, 2.45) is 0 Å². The molecule has 0 bridgehead atoms. The van der Waals surface area contributed by atoms with Gasteiger partial charge in [0.2, 0.25) is 6.23 Å². The number of anilines is 1. The summed E-state index contributed by atoms with van der Waals surface area (Å²) in [6.07, 6.45) is -0.634. The van der Waals surface area contributed by atoms with E-state index in [-0.39, 0.29) is 25.5 Å². The summed E-state index contributed by atoms with van der Waals surface area (Å²) in [5, 5.41) is 0. The zero-order valence-electron chi connectivity index (χ0n) is 21.0. The number of nitrogens with zero attached hydrogens (tertiary/aromatic N) is 2. The van der Waals surface area contributed by atoms with Crippen molar-refractivity contribution in [3.05, 3.63) is 35.4 Å². The molecule has 1 aromatic heterocycles. The first-order valence-electron chi connectivity index (χ1n) is 11.3. The minimum absolute atomic E-state index is 0.00532. The molecule has 2 N–H and O–H groups in total. The van der Waals surface area contributed by atoms with Crippen LogP contribution in [0, 0.1) is 0 Å². The van der Waals surface area contributed by atoms with Crippen LogP contribution in [0.25, 0.3) is 0 Å². The van der Waals surface area contributed by atoms with E-state index in [1.807, 2.05) is 41.5 Å². The van der Waals surface area contributed by atoms with Gasteiger partial charge in [0, 0.05) is 25.1 Å². The van der Waals surface area contributed by atoms with Gasteiger partial charge in [0.1, 0.15) is 30.7 Å². The van der Waals surface area contributed by atoms with Crippen LogP contribution in [0.5, 0.6) is 0 Å². The maximum absolute atomic E-state index is 15.1. The Morgan fingerprint density at radius 1 is 1.31 bits per heavy atom. The predicted octanol–water partition coefficient (Wildman–Crippen LogP) is 3.88. The molecule has 12 heteroatoms. The highest BCUT2D eigenvalue weighted by Crippen LogP contribution is 2.73. The largest absolute Gasteiger partial charge is 0.460 e. The average Bonchev–Trinajstić information content (AvgIpc) is 3.28. The summed E-state index contributed by atoms with van der Waals surface area (Å²) in [4.78, 5) is 27.1. The minimum Gasteiger partial charge on any atom is -0.460 e. The van der Waals surface area contributed by atoms with E-state index in [0.717, 1.165) is 16.8 Å². The third-order valence-electron chi connectivity index (χ3n) is 5.91. The second-order valence-electron chi connectivity index (χ2n) is 10.7. The van der Waals surface area contributed by atoms with Crippen LogP contribution in [0.2, 0.25) is 0 Å². The van der Waals surface area contributed by atoms with E-state index >= 15 is 8.78 Å². The fourth-order valence-corrected chi connectivity index (χ4v) is 8.54. The highest BCUT2D eigenvalue weighted by Gasteiger charge is 2.72. The molecule has 1 aromatic rings. The number of carbonyl (C=O) groups excluding carboxylic acids is 1. The van der Waals surface area contributed by atoms with Crippen LogP contribution in [0.4, 0.5) is 14.6 Å². The number of nitrogen functional groups attached to an aromatic ring is 1. The lowest BCUT2D eigenvalue weighted by molar-refractivity contribution is -0.138. The van der Waals surface area contributed by atoms with Crippen LogP contribution >= 0.6 is 10.6 Å². The van der Waals surface area contributed by atoms with Crippen LogP contribution in [0.3, 0.4) is 0 Å². The number of halogens is 2. The molecule has 3 rings (SSSR count). The zero-order chi connectivity index (χ0) is 26.4. The van der Waals surface area contributed by atoms with Crippen molar-refractivity contribution < 1.29 is 31.4 Å². The molecule has 2 heterocycles. The van der Waals surface area contributed by atoms with E-state index < -0.39 is 62.0 Å². The topological polar surface area (TPSA) is 115 Å². The van der Waals surface area contributed by atoms with Gasteiger partial charge in [0.15, 0.2) is 0 Å². The molecular formula is C23H35F2N3O6S. The first-order chi connectivity index (χ1) is 16.0. The van der Waals surface area contributed by atoms with E-state index in [0.29, 0.717) is 0 Å². The second kappa shape index (κ2) is 9.13. The maximum Gasteiger partial charge on any atom is 0.351 e. The van der Waals surface area contributed by atoms with E-state index in [9.17, 15) is 9.59 Å².